The molecule has 2 nitrogen and oxygen atoms in total. The topological polar surface area (TPSA) is 15.3 Å². The molecule has 16 heavy (non-hydrogen) atoms. The highest BCUT2D eigenvalue weighted by Gasteiger charge is 2.24. The average Bonchev–Trinajstić information content (AvgIpc) is 2.98. The Balaban J connectivity index is 2.02. The lowest BCUT2D eigenvalue weighted by atomic mass is 10.2. The van der Waals surface area contributed by atoms with Crippen molar-refractivity contribution in [3.63, 3.8) is 0 Å². The fourth-order valence-electron chi connectivity index (χ4n) is 1.99. The molecule has 0 unspecified atom stereocenters. The summed E-state index contributed by atoms with van der Waals surface area (Å²) in [6, 6.07) is 0.714. The van der Waals surface area contributed by atoms with Gasteiger partial charge in [0.1, 0.15) is 0 Å². The van der Waals surface area contributed by atoms with Crippen LogP contribution in [0, 0.1) is 11.8 Å². The van der Waals surface area contributed by atoms with Crippen LogP contribution in [0.3, 0.4) is 0 Å². The monoisotopic (exact) mass is 226 g/mol. The van der Waals surface area contributed by atoms with Crippen molar-refractivity contribution < 1.29 is 0 Å². The molecular weight excluding hydrogens is 196 g/mol. The highest BCUT2D eigenvalue weighted by molar-refractivity contribution is 4.78. The molecule has 1 aliphatic rings. The Labute approximate surface area is 102 Å². The molecule has 0 spiro atoms. The number of nitrogens with zero attached hydrogens (tertiary/aromatic N) is 1. The molecule has 0 atom stereocenters. The normalized spacial score (nSPS) is 16.7. The minimum absolute atomic E-state index is 0.714. The van der Waals surface area contributed by atoms with Gasteiger partial charge in [0.05, 0.1) is 0 Å². The van der Waals surface area contributed by atoms with Crippen LogP contribution < -0.4 is 5.32 Å². The average molecular weight is 226 g/mol. The van der Waals surface area contributed by atoms with Crippen molar-refractivity contribution in [2.45, 2.75) is 53.0 Å². The highest BCUT2D eigenvalue weighted by atomic mass is 15.1. The van der Waals surface area contributed by atoms with Crippen molar-refractivity contribution in [2.24, 2.45) is 11.8 Å². The van der Waals surface area contributed by atoms with Gasteiger partial charge in [0.2, 0.25) is 0 Å². The van der Waals surface area contributed by atoms with Crippen molar-refractivity contribution in [3.05, 3.63) is 0 Å². The summed E-state index contributed by atoms with van der Waals surface area (Å²) in [5, 5.41) is 3.52. The van der Waals surface area contributed by atoms with E-state index in [0.29, 0.717) is 6.04 Å². The lowest BCUT2D eigenvalue weighted by molar-refractivity contribution is 0.209. The first-order chi connectivity index (χ1) is 7.59. The third-order valence-electron chi connectivity index (χ3n) is 3.27. The van der Waals surface area contributed by atoms with E-state index >= 15 is 0 Å². The minimum atomic E-state index is 0.714. The molecule has 96 valence electrons. The Morgan fingerprint density at radius 2 is 1.88 bits per heavy atom. The van der Waals surface area contributed by atoms with Crippen LogP contribution in [-0.4, -0.2) is 37.1 Å². The van der Waals surface area contributed by atoms with Crippen LogP contribution in [0.5, 0.6) is 0 Å². The molecule has 1 aliphatic carbocycles. The molecule has 2 heteroatoms. The molecule has 0 aromatic carbocycles. The molecule has 0 saturated heterocycles. The van der Waals surface area contributed by atoms with E-state index in [1.165, 1.54) is 38.9 Å². The van der Waals surface area contributed by atoms with Crippen molar-refractivity contribution in [1.82, 2.24) is 10.2 Å². The van der Waals surface area contributed by atoms with Gasteiger partial charge < -0.3 is 10.2 Å². The molecule has 1 N–H and O–H groups in total. The maximum Gasteiger partial charge on any atom is 0.00387 e. The Morgan fingerprint density at radius 3 is 2.38 bits per heavy atom. The number of hydrogen-bond donors (Lipinski definition) is 1. The van der Waals surface area contributed by atoms with Gasteiger partial charge in [-0.25, -0.2) is 0 Å². The predicted octanol–water partition coefficient (Wildman–Crippen LogP) is 2.74. The van der Waals surface area contributed by atoms with Crippen molar-refractivity contribution in [3.8, 4) is 0 Å². The van der Waals surface area contributed by atoms with E-state index < -0.39 is 0 Å². The molecule has 0 aromatic rings. The van der Waals surface area contributed by atoms with Gasteiger partial charge in [0.15, 0.2) is 0 Å². The summed E-state index contributed by atoms with van der Waals surface area (Å²) in [5.74, 6) is 1.79. The second-order valence-corrected chi connectivity index (χ2v) is 5.98. The molecule has 0 aliphatic heterocycles. The summed E-state index contributed by atoms with van der Waals surface area (Å²) in [7, 11) is 0. The zero-order valence-corrected chi connectivity index (χ0v) is 11.6. The van der Waals surface area contributed by atoms with Crippen molar-refractivity contribution in [2.75, 3.05) is 26.2 Å². The smallest absolute Gasteiger partial charge is 0.00387 e. The van der Waals surface area contributed by atoms with E-state index in [2.05, 4.69) is 37.9 Å². The molecule has 0 heterocycles. The van der Waals surface area contributed by atoms with Crippen LogP contribution in [-0.2, 0) is 0 Å². The summed E-state index contributed by atoms with van der Waals surface area (Å²) in [6.45, 7) is 14.1. The zero-order chi connectivity index (χ0) is 12.0. The maximum atomic E-state index is 3.52. The summed E-state index contributed by atoms with van der Waals surface area (Å²) in [5.41, 5.74) is 0. The van der Waals surface area contributed by atoms with Crippen LogP contribution in [0.2, 0.25) is 0 Å². The summed E-state index contributed by atoms with van der Waals surface area (Å²) in [6.07, 6.45) is 4.22. The van der Waals surface area contributed by atoms with Gasteiger partial charge in [-0.3, -0.25) is 0 Å². The maximum absolute atomic E-state index is 3.52. The molecule has 1 rings (SSSR count). The van der Waals surface area contributed by atoms with E-state index in [1.807, 2.05) is 0 Å². The van der Waals surface area contributed by atoms with Gasteiger partial charge in [-0.1, -0.05) is 13.8 Å². The van der Waals surface area contributed by atoms with Gasteiger partial charge >= 0.3 is 0 Å². The van der Waals surface area contributed by atoms with Crippen molar-refractivity contribution >= 4 is 0 Å². The summed E-state index contributed by atoms with van der Waals surface area (Å²) >= 11 is 0. The minimum Gasteiger partial charge on any atom is -0.316 e. The van der Waals surface area contributed by atoms with E-state index in [1.54, 1.807) is 0 Å². The van der Waals surface area contributed by atoms with Crippen LogP contribution in [0.15, 0.2) is 0 Å². The molecule has 1 fully saturated rings. The number of nitrogens with one attached hydrogen (secondary N) is 1. The van der Waals surface area contributed by atoms with Gasteiger partial charge in [-0.05, 0) is 64.6 Å². The molecule has 1 saturated carbocycles. The van der Waals surface area contributed by atoms with Crippen molar-refractivity contribution in [1.29, 1.82) is 0 Å². The first kappa shape index (κ1) is 14.0. The Kier molecular flexibility index (Phi) is 6.37. The zero-order valence-electron chi connectivity index (χ0n) is 11.6. The molecule has 0 radical (unpaired) electrons. The number of hydrogen-bond acceptors (Lipinski definition) is 2. The van der Waals surface area contributed by atoms with Crippen LogP contribution >= 0.6 is 0 Å². The Morgan fingerprint density at radius 1 is 1.19 bits per heavy atom. The fourth-order valence-corrected chi connectivity index (χ4v) is 1.99. The predicted molar refractivity (Wildman–Crippen MR) is 71.8 cm³/mol. The van der Waals surface area contributed by atoms with E-state index in [4.69, 9.17) is 0 Å². The van der Waals surface area contributed by atoms with Crippen LogP contribution in [0.4, 0.5) is 0 Å². The van der Waals surface area contributed by atoms with Gasteiger partial charge in [0, 0.05) is 12.6 Å². The Bertz CT molecular complexity index is 174. The molecule has 0 bridgehead atoms. The van der Waals surface area contributed by atoms with E-state index in [9.17, 15) is 0 Å². The number of rotatable bonds is 9. The summed E-state index contributed by atoms with van der Waals surface area (Å²) in [4.78, 5) is 2.65. The molecule has 0 aromatic heterocycles. The lowest BCUT2D eigenvalue weighted by Gasteiger charge is -2.26. The largest absolute Gasteiger partial charge is 0.316 e. The summed E-state index contributed by atoms with van der Waals surface area (Å²) < 4.78 is 0. The van der Waals surface area contributed by atoms with Crippen LogP contribution in [0.25, 0.3) is 0 Å². The second kappa shape index (κ2) is 7.29. The quantitative estimate of drug-likeness (QED) is 0.608. The SMILES string of the molecule is CC(C)CNCCCN(CC1CC1)C(C)C. The highest BCUT2D eigenvalue weighted by Crippen LogP contribution is 2.30. The van der Waals surface area contributed by atoms with Crippen LogP contribution in [0.1, 0.15) is 47.0 Å². The standard InChI is InChI=1S/C14H30N2/c1-12(2)10-15-8-5-9-16(13(3)4)11-14-6-7-14/h12-15H,5-11H2,1-4H3. The van der Waals surface area contributed by atoms with E-state index in [-0.39, 0.29) is 0 Å². The first-order valence-electron chi connectivity index (χ1n) is 7.04. The first-order valence-corrected chi connectivity index (χ1v) is 7.04. The Hall–Kier alpha value is -0.0800. The van der Waals surface area contributed by atoms with E-state index in [0.717, 1.165) is 18.4 Å². The van der Waals surface area contributed by atoms with Gasteiger partial charge in [0.25, 0.3) is 0 Å². The third-order valence-corrected chi connectivity index (χ3v) is 3.27. The third kappa shape index (κ3) is 6.49. The fraction of sp³-hybridized carbons (Fsp3) is 1.00. The lowest BCUT2D eigenvalue weighted by Crippen LogP contribution is -2.35. The van der Waals surface area contributed by atoms with Gasteiger partial charge in [-0.15, -0.1) is 0 Å². The second-order valence-electron chi connectivity index (χ2n) is 5.98. The van der Waals surface area contributed by atoms with Gasteiger partial charge in [-0.2, -0.15) is 0 Å². The molecular formula is C14H30N2. The molecule has 0 amide bonds.